The number of nitrogens with zero attached hydrogens (tertiary/aromatic N) is 2. The van der Waals surface area contributed by atoms with Crippen LogP contribution in [0.1, 0.15) is 42.8 Å². The van der Waals surface area contributed by atoms with Crippen LogP contribution in [-0.2, 0) is 16.6 Å². The molecule has 1 aliphatic heterocycles. The van der Waals surface area contributed by atoms with E-state index in [0.717, 1.165) is 17.7 Å². The number of aromatic nitrogens is 2. The van der Waals surface area contributed by atoms with E-state index in [9.17, 15) is 4.79 Å². The number of thioether (sulfide) groups is 1. The predicted molar refractivity (Wildman–Crippen MR) is 94.2 cm³/mol. The van der Waals surface area contributed by atoms with Gasteiger partial charge in [-0.25, -0.2) is 0 Å². The van der Waals surface area contributed by atoms with Crippen LogP contribution in [0.15, 0.2) is 35.2 Å². The molecule has 0 fully saturated rings. The molecule has 2 heterocycles. The van der Waals surface area contributed by atoms with Crippen molar-refractivity contribution in [2.45, 2.75) is 37.0 Å². The maximum Gasteiger partial charge on any atom is 0.309 e. The fourth-order valence-corrected chi connectivity index (χ4v) is 4.11. The molecule has 2 aromatic rings. The molecule has 0 atom stereocenters. The molecule has 0 radical (unpaired) electrons. The minimum absolute atomic E-state index is 0.127. The van der Waals surface area contributed by atoms with Crippen molar-refractivity contribution >= 4 is 17.7 Å². The molecule has 0 spiro atoms. The molecule has 24 heavy (non-hydrogen) atoms. The molecule has 4 nitrogen and oxygen atoms in total. The van der Waals surface area contributed by atoms with Crippen LogP contribution in [0, 0.1) is 11.8 Å². The van der Waals surface area contributed by atoms with Gasteiger partial charge in [0.1, 0.15) is 5.69 Å². The van der Waals surface area contributed by atoms with Crippen molar-refractivity contribution in [3.8, 4) is 11.8 Å². The van der Waals surface area contributed by atoms with E-state index >= 15 is 0 Å². The predicted octanol–water partition coefficient (Wildman–Crippen LogP) is 3.28. The molecule has 1 N–H and O–H groups in total. The van der Waals surface area contributed by atoms with E-state index in [1.165, 1.54) is 10.5 Å². The summed E-state index contributed by atoms with van der Waals surface area (Å²) in [5.74, 6) is 6.37. The van der Waals surface area contributed by atoms with Gasteiger partial charge in [0.25, 0.3) is 0 Å². The van der Waals surface area contributed by atoms with E-state index in [0.29, 0.717) is 11.4 Å². The summed E-state index contributed by atoms with van der Waals surface area (Å²) in [5, 5.41) is 16.6. The molecule has 1 aliphatic rings. The van der Waals surface area contributed by atoms with E-state index < -0.39 is 5.97 Å². The Hall–Kier alpha value is -2.32. The maximum atomic E-state index is 10.6. The zero-order valence-corrected chi connectivity index (χ0v) is 14.5. The van der Waals surface area contributed by atoms with Crippen LogP contribution >= 0.6 is 11.8 Å². The average molecular weight is 338 g/mol. The van der Waals surface area contributed by atoms with Gasteiger partial charge in [-0.15, -0.1) is 16.9 Å². The fraction of sp³-hybridized carbons (Fsp3) is 0.316. The number of fused-ring (bicyclic) bond motifs is 1. The van der Waals surface area contributed by atoms with Crippen molar-refractivity contribution < 1.29 is 9.90 Å². The van der Waals surface area contributed by atoms with Crippen LogP contribution in [0.5, 0.6) is 0 Å². The summed E-state index contributed by atoms with van der Waals surface area (Å²) < 4.78 is 0. The molecule has 0 amide bonds. The Kier molecular flexibility index (Phi) is 4.59. The van der Waals surface area contributed by atoms with Crippen molar-refractivity contribution in [1.82, 2.24) is 10.2 Å². The third kappa shape index (κ3) is 3.77. The van der Waals surface area contributed by atoms with Crippen molar-refractivity contribution in [1.29, 1.82) is 0 Å². The van der Waals surface area contributed by atoms with Crippen molar-refractivity contribution in [3.63, 3.8) is 0 Å². The van der Waals surface area contributed by atoms with Crippen LogP contribution in [0.4, 0.5) is 0 Å². The van der Waals surface area contributed by atoms with Crippen LogP contribution in [0.2, 0.25) is 0 Å². The quantitative estimate of drug-likeness (QED) is 0.852. The van der Waals surface area contributed by atoms with Gasteiger partial charge < -0.3 is 5.11 Å². The molecule has 0 saturated carbocycles. The summed E-state index contributed by atoms with van der Waals surface area (Å²) in [6.45, 7) is 4.55. The Labute approximate surface area is 145 Å². The summed E-state index contributed by atoms with van der Waals surface area (Å²) in [6, 6.07) is 9.70. The molecule has 0 saturated heterocycles. The number of carbonyl (C=O) groups is 1. The lowest BCUT2D eigenvalue weighted by molar-refractivity contribution is -0.136. The van der Waals surface area contributed by atoms with Gasteiger partial charge in [0.15, 0.2) is 0 Å². The number of carboxylic acids is 1. The van der Waals surface area contributed by atoms with Crippen molar-refractivity contribution in [3.05, 3.63) is 52.8 Å². The molecule has 122 valence electrons. The SMILES string of the molecule is CC1(C)CCSc2ccc(C#Cc3ccc(CC(=O)O)nn3)cc21. The zero-order valence-electron chi connectivity index (χ0n) is 13.7. The van der Waals surface area contributed by atoms with Gasteiger partial charge in [-0.1, -0.05) is 19.8 Å². The summed E-state index contributed by atoms with van der Waals surface area (Å²) in [4.78, 5) is 12.0. The molecule has 5 heteroatoms. The lowest BCUT2D eigenvalue weighted by Gasteiger charge is -2.32. The molecule has 0 aliphatic carbocycles. The lowest BCUT2D eigenvalue weighted by Crippen LogP contribution is -2.22. The smallest absolute Gasteiger partial charge is 0.309 e. The molecule has 0 bridgehead atoms. The van der Waals surface area contributed by atoms with Crippen molar-refractivity contribution in [2.75, 3.05) is 5.75 Å². The highest BCUT2D eigenvalue weighted by Gasteiger charge is 2.27. The van der Waals surface area contributed by atoms with E-state index in [1.54, 1.807) is 12.1 Å². The molecule has 0 unspecified atom stereocenters. The van der Waals surface area contributed by atoms with Crippen LogP contribution < -0.4 is 0 Å². The minimum Gasteiger partial charge on any atom is -0.481 e. The standard InChI is InChI=1S/C19H18N2O2S/c1-19(2)9-10-24-17-8-4-13(11-16(17)19)3-5-14-6-7-15(21-20-14)12-18(22)23/h4,6-8,11H,9-10,12H2,1-2H3,(H,22,23). The lowest BCUT2D eigenvalue weighted by atomic mass is 9.81. The van der Waals surface area contributed by atoms with Gasteiger partial charge in [0, 0.05) is 10.5 Å². The highest BCUT2D eigenvalue weighted by molar-refractivity contribution is 7.99. The van der Waals surface area contributed by atoms with E-state index in [2.05, 4.69) is 48.0 Å². The second kappa shape index (κ2) is 6.66. The summed E-state index contributed by atoms with van der Waals surface area (Å²) >= 11 is 1.90. The monoisotopic (exact) mass is 338 g/mol. The van der Waals surface area contributed by atoms with Gasteiger partial charge in [-0.2, -0.15) is 5.10 Å². The summed E-state index contributed by atoms with van der Waals surface area (Å²) in [5.41, 5.74) is 3.46. The summed E-state index contributed by atoms with van der Waals surface area (Å²) in [7, 11) is 0. The van der Waals surface area contributed by atoms with Gasteiger partial charge in [0.2, 0.25) is 0 Å². The number of hydrogen-bond acceptors (Lipinski definition) is 4. The van der Waals surface area contributed by atoms with E-state index in [4.69, 9.17) is 5.11 Å². The number of carboxylic acid groups (broad SMARTS) is 1. The van der Waals surface area contributed by atoms with Gasteiger partial charge in [-0.05, 0) is 59.4 Å². The Balaban J connectivity index is 1.82. The second-order valence-electron chi connectivity index (χ2n) is 6.42. The molecule has 3 rings (SSSR count). The van der Waals surface area contributed by atoms with E-state index in [-0.39, 0.29) is 11.8 Å². The maximum absolute atomic E-state index is 10.6. The Bertz CT molecular complexity index is 833. The van der Waals surface area contributed by atoms with Crippen LogP contribution in [-0.4, -0.2) is 27.0 Å². The number of rotatable bonds is 2. The van der Waals surface area contributed by atoms with Gasteiger partial charge in [-0.3, -0.25) is 4.79 Å². The Morgan fingerprint density at radius 2 is 2.08 bits per heavy atom. The highest BCUT2D eigenvalue weighted by Crippen LogP contribution is 2.41. The number of benzene rings is 1. The molecule has 1 aromatic heterocycles. The van der Waals surface area contributed by atoms with Crippen LogP contribution in [0.3, 0.4) is 0 Å². The van der Waals surface area contributed by atoms with Crippen LogP contribution in [0.25, 0.3) is 0 Å². The third-order valence-corrected chi connectivity index (χ3v) is 5.16. The van der Waals surface area contributed by atoms with Crippen molar-refractivity contribution in [2.24, 2.45) is 0 Å². The Morgan fingerprint density at radius 3 is 2.79 bits per heavy atom. The number of hydrogen-bond donors (Lipinski definition) is 1. The molecular weight excluding hydrogens is 320 g/mol. The summed E-state index contributed by atoms with van der Waals surface area (Å²) in [6.07, 6.45) is 1.04. The number of aliphatic carboxylic acids is 1. The van der Waals surface area contributed by atoms with Gasteiger partial charge >= 0.3 is 5.97 Å². The largest absolute Gasteiger partial charge is 0.481 e. The average Bonchev–Trinajstić information content (AvgIpc) is 2.54. The topological polar surface area (TPSA) is 63.1 Å². The normalized spacial score (nSPS) is 15.1. The molecule has 1 aromatic carbocycles. The van der Waals surface area contributed by atoms with E-state index in [1.807, 2.05) is 17.8 Å². The van der Waals surface area contributed by atoms with Gasteiger partial charge in [0.05, 0.1) is 12.1 Å². The first-order valence-electron chi connectivity index (χ1n) is 7.78. The first-order chi connectivity index (χ1) is 11.4. The Morgan fingerprint density at radius 1 is 1.25 bits per heavy atom. The third-order valence-electron chi connectivity index (χ3n) is 4.08. The fourth-order valence-electron chi connectivity index (χ4n) is 2.63. The first-order valence-corrected chi connectivity index (χ1v) is 8.76. The zero-order chi connectivity index (χ0) is 17.2. The molecular formula is C19H18N2O2S. The highest BCUT2D eigenvalue weighted by atomic mass is 32.2. The second-order valence-corrected chi connectivity index (χ2v) is 7.56. The first kappa shape index (κ1) is 16.5. The minimum atomic E-state index is -0.919.